The zero-order valence-electron chi connectivity index (χ0n) is 13.9. The summed E-state index contributed by atoms with van der Waals surface area (Å²) in [5, 5.41) is 18.7. The molecular formula is C18H24N2O3P+. The summed E-state index contributed by atoms with van der Waals surface area (Å²) < 4.78 is 22.4. The predicted molar refractivity (Wildman–Crippen MR) is 94.9 cm³/mol. The zero-order valence-corrected chi connectivity index (χ0v) is 14.8. The van der Waals surface area contributed by atoms with Gasteiger partial charge in [-0.2, -0.15) is 10.5 Å². The third kappa shape index (κ3) is 7.02. The standard InChI is InChI=1S/C18H24N2O3P/c1-5-9-17(13-19,10-6-2)15-22-24(21)23-16-18(14-20,11-7-3)12-8-4/h5-8H,1-4,9-12,15-16H2/q+1. The van der Waals surface area contributed by atoms with E-state index in [4.69, 9.17) is 9.05 Å². The Morgan fingerprint density at radius 1 is 0.792 bits per heavy atom. The molecule has 0 heterocycles. The van der Waals surface area contributed by atoms with Gasteiger partial charge in [-0.15, -0.1) is 35.4 Å². The van der Waals surface area contributed by atoms with Crippen LogP contribution in [-0.2, 0) is 13.6 Å². The summed E-state index contributed by atoms with van der Waals surface area (Å²) in [7, 11) is -2.45. The van der Waals surface area contributed by atoms with Gasteiger partial charge in [0.15, 0.2) is 0 Å². The quantitative estimate of drug-likeness (QED) is 0.326. The van der Waals surface area contributed by atoms with Crippen LogP contribution in [0.25, 0.3) is 0 Å². The molecular weight excluding hydrogens is 323 g/mol. The Bertz CT molecular complexity index is 490. The van der Waals surface area contributed by atoms with Crippen molar-refractivity contribution in [1.29, 1.82) is 10.5 Å². The molecule has 0 atom stereocenters. The van der Waals surface area contributed by atoms with Gasteiger partial charge >= 0.3 is 8.25 Å². The van der Waals surface area contributed by atoms with E-state index in [1.807, 2.05) is 0 Å². The first-order valence-corrected chi connectivity index (χ1v) is 8.56. The molecule has 0 aromatic rings. The minimum Gasteiger partial charge on any atom is -0.198 e. The summed E-state index contributed by atoms with van der Waals surface area (Å²) in [5.41, 5.74) is -1.74. The highest BCUT2D eigenvalue weighted by molar-refractivity contribution is 7.33. The molecule has 6 heteroatoms. The number of hydrogen-bond acceptors (Lipinski definition) is 5. The predicted octanol–water partition coefficient (Wildman–Crippen LogP) is 5.00. The highest BCUT2D eigenvalue weighted by atomic mass is 31.1. The summed E-state index contributed by atoms with van der Waals surface area (Å²) in [6, 6.07) is 4.33. The molecule has 0 saturated carbocycles. The van der Waals surface area contributed by atoms with E-state index in [0.29, 0.717) is 25.7 Å². The summed E-state index contributed by atoms with van der Waals surface area (Å²) in [5.74, 6) is 0. The minimum atomic E-state index is -2.45. The number of allylic oxidation sites excluding steroid dienone is 4. The van der Waals surface area contributed by atoms with Crippen molar-refractivity contribution in [1.82, 2.24) is 0 Å². The molecule has 0 aliphatic heterocycles. The molecule has 0 rings (SSSR count). The molecule has 0 unspecified atom stereocenters. The first kappa shape index (κ1) is 22.0. The van der Waals surface area contributed by atoms with Gasteiger partial charge < -0.3 is 0 Å². The molecule has 0 saturated heterocycles. The summed E-state index contributed by atoms with van der Waals surface area (Å²) >= 11 is 0. The lowest BCUT2D eigenvalue weighted by Crippen LogP contribution is -2.24. The fraction of sp³-hybridized carbons (Fsp3) is 0.444. The smallest absolute Gasteiger partial charge is 0.198 e. The van der Waals surface area contributed by atoms with E-state index in [9.17, 15) is 15.1 Å². The van der Waals surface area contributed by atoms with Crippen LogP contribution in [0.4, 0.5) is 0 Å². The highest BCUT2D eigenvalue weighted by Gasteiger charge is 2.37. The van der Waals surface area contributed by atoms with Crippen LogP contribution in [0.2, 0.25) is 0 Å². The monoisotopic (exact) mass is 347 g/mol. The number of rotatable bonds is 14. The Balaban J connectivity index is 4.78. The second-order valence-electron chi connectivity index (χ2n) is 5.53. The molecule has 0 aliphatic carbocycles. The van der Waals surface area contributed by atoms with Gasteiger partial charge in [0, 0.05) is 4.57 Å². The van der Waals surface area contributed by atoms with Crippen molar-refractivity contribution in [3.8, 4) is 12.1 Å². The Labute approximate surface area is 145 Å². The van der Waals surface area contributed by atoms with E-state index >= 15 is 0 Å². The maximum atomic E-state index is 12.0. The third-order valence-electron chi connectivity index (χ3n) is 3.51. The molecule has 0 bridgehead atoms. The Kier molecular flexibility index (Phi) is 10.5. The molecule has 128 valence electrons. The lowest BCUT2D eigenvalue weighted by Gasteiger charge is -2.21. The van der Waals surface area contributed by atoms with Crippen LogP contribution in [-0.4, -0.2) is 13.2 Å². The van der Waals surface area contributed by atoms with Crippen LogP contribution in [0, 0.1) is 33.5 Å². The van der Waals surface area contributed by atoms with Crippen LogP contribution < -0.4 is 0 Å². The van der Waals surface area contributed by atoms with E-state index in [1.165, 1.54) is 0 Å². The van der Waals surface area contributed by atoms with Crippen LogP contribution >= 0.6 is 8.25 Å². The van der Waals surface area contributed by atoms with Crippen molar-refractivity contribution in [2.45, 2.75) is 25.7 Å². The van der Waals surface area contributed by atoms with Crippen molar-refractivity contribution in [3.05, 3.63) is 50.6 Å². The molecule has 0 spiro atoms. The van der Waals surface area contributed by atoms with Gasteiger partial charge in [0.2, 0.25) is 0 Å². The van der Waals surface area contributed by atoms with Crippen LogP contribution in [0.3, 0.4) is 0 Å². The second-order valence-corrected chi connectivity index (χ2v) is 6.49. The number of nitriles is 2. The van der Waals surface area contributed by atoms with Gasteiger partial charge in [-0.25, -0.2) is 0 Å². The van der Waals surface area contributed by atoms with Gasteiger partial charge in [0.05, 0.1) is 23.0 Å². The molecule has 0 N–H and O–H groups in total. The summed E-state index contributed by atoms with van der Waals surface area (Å²) in [6.45, 7) is 14.4. The van der Waals surface area contributed by atoms with Crippen molar-refractivity contribution >= 4 is 8.25 Å². The van der Waals surface area contributed by atoms with Gasteiger partial charge in [0.25, 0.3) is 0 Å². The van der Waals surface area contributed by atoms with Crippen LogP contribution in [0.5, 0.6) is 0 Å². The van der Waals surface area contributed by atoms with Crippen LogP contribution in [0.1, 0.15) is 25.7 Å². The fourth-order valence-corrected chi connectivity index (χ4v) is 2.92. The highest BCUT2D eigenvalue weighted by Crippen LogP contribution is 2.36. The first-order valence-electron chi connectivity index (χ1n) is 7.46. The third-order valence-corrected chi connectivity index (χ3v) is 4.19. The average Bonchev–Trinajstić information content (AvgIpc) is 2.58. The Hall–Kier alpha value is -2.04. The van der Waals surface area contributed by atoms with Crippen LogP contribution in [0.15, 0.2) is 50.6 Å². The van der Waals surface area contributed by atoms with Gasteiger partial charge in [-0.05, 0) is 25.7 Å². The Morgan fingerprint density at radius 3 is 1.29 bits per heavy atom. The zero-order chi connectivity index (χ0) is 18.5. The van der Waals surface area contributed by atoms with E-state index in [2.05, 4.69) is 38.5 Å². The van der Waals surface area contributed by atoms with E-state index < -0.39 is 19.1 Å². The average molecular weight is 347 g/mol. The molecule has 0 aliphatic rings. The van der Waals surface area contributed by atoms with E-state index in [0.717, 1.165) is 0 Å². The summed E-state index contributed by atoms with van der Waals surface area (Å²) in [4.78, 5) is 0. The second kappa shape index (κ2) is 11.5. The first-order chi connectivity index (χ1) is 11.5. The molecule has 24 heavy (non-hydrogen) atoms. The largest absolute Gasteiger partial charge is 0.697 e. The molecule has 0 aromatic heterocycles. The topological polar surface area (TPSA) is 83.1 Å². The van der Waals surface area contributed by atoms with Crippen molar-refractivity contribution in [2.24, 2.45) is 10.8 Å². The molecule has 0 amide bonds. The maximum absolute atomic E-state index is 12.0. The summed E-state index contributed by atoms with van der Waals surface area (Å²) in [6.07, 6.45) is 7.97. The lowest BCUT2D eigenvalue weighted by atomic mass is 9.84. The van der Waals surface area contributed by atoms with Crippen molar-refractivity contribution in [3.63, 3.8) is 0 Å². The molecule has 0 radical (unpaired) electrons. The fourth-order valence-electron chi connectivity index (χ4n) is 2.14. The maximum Gasteiger partial charge on any atom is 0.697 e. The van der Waals surface area contributed by atoms with Gasteiger partial charge in [0.1, 0.15) is 13.2 Å². The van der Waals surface area contributed by atoms with Gasteiger partial charge in [-0.1, -0.05) is 24.3 Å². The molecule has 0 aromatic carbocycles. The SMILES string of the molecule is C=CCC(C#N)(CC=C)CO[P+](=O)OCC(C#N)(CC=C)CC=C. The lowest BCUT2D eigenvalue weighted by molar-refractivity contribution is 0.140. The molecule has 5 nitrogen and oxygen atoms in total. The van der Waals surface area contributed by atoms with E-state index in [1.54, 1.807) is 24.3 Å². The van der Waals surface area contributed by atoms with E-state index in [-0.39, 0.29) is 13.2 Å². The normalized spacial score (nSPS) is 10.9. The van der Waals surface area contributed by atoms with Gasteiger partial charge in [-0.3, -0.25) is 0 Å². The number of hydrogen-bond donors (Lipinski definition) is 0. The minimum absolute atomic E-state index is 0.0702. The Morgan fingerprint density at radius 2 is 1.08 bits per heavy atom. The number of nitrogens with zero attached hydrogens (tertiary/aromatic N) is 2. The van der Waals surface area contributed by atoms with Crippen molar-refractivity contribution < 1.29 is 13.6 Å². The molecule has 0 fully saturated rings. The van der Waals surface area contributed by atoms with Crippen molar-refractivity contribution in [2.75, 3.05) is 13.2 Å².